The lowest BCUT2D eigenvalue weighted by molar-refractivity contribution is 0.147. The molecule has 1 saturated carbocycles. The van der Waals surface area contributed by atoms with E-state index in [1.165, 1.54) is 0 Å². The minimum Gasteiger partial charge on any atom is -0.386 e. The van der Waals surface area contributed by atoms with Gasteiger partial charge in [-0.3, -0.25) is 14.4 Å². The number of aliphatic hydroxyl groups is 1. The van der Waals surface area contributed by atoms with Crippen LogP contribution in [0.4, 0.5) is 0 Å². The van der Waals surface area contributed by atoms with Crippen molar-refractivity contribution in [3.63, 3.8) is 0 Å². The fraction of sp³-hybridized carbons (Fsp3) is 0.400. The van der Waals surface area contributed by atoms with Gasteiger partial charge in [-0.1, -0.05) is 18.2 Å². The summed E-state index contributed by atoms with van der Waals surface area (Å²) in [5.74, 6) is 0.388. The Hall–Kier alpha value is -2.44. The van der Waals surface area contributed by atoms with Gasteiger partial charge in [-0.25, -0.2) is 0 Å². The Balaban J connectivity index is 1.36. The zero-order chi connectivity index (χ0) is 17.7. The highest BCUT2D eigenvalue weighted by Crippen LogP contribution is 2.40. The van der Waals surface area contributed by atoms with Gasteiger partial charge in [0, 0.05) is 30.7 Å². The van der Waals surface area contributed by atoms with Gasteiger partial charge in [0.1, 0.15) is 6.10 Å². The molecule has 3 aromatic rings. The van der Waals surface area contributed by atoms with E-state index in [2.05, 4.69) is 15.0 Å². The molecule has 1 fully saturated rings. The highest BCUT2D eigenvalue weighted by Gasteiger charge is 2.33. The first-order chi connectivity index (χ1) is 12.7. The SMILES string of the molecule is O=c1[nH]c2ccccc2cc1CN1CCn2nc([C@H](O)C3CC3)cc2C1. The number of rotatable bonds is 4. The summed E-state index contributed by atoms with van der Waals surface area (Å²) in [5, 5.41) is 16.0. The van der Waals surface area contributed by atoms with E-state index in [9.17, 15) is 9.90 Å². The summed E-state index contributed by atoms with van der Waals surface area (Å²) in [7, 11) is 0. The molecule has 6 heteroatoms. The quantitative estimate of drug-likeness (QED) is 0.756. The Morgan fingerprint density at radius 2 is 2.08 bits per heavy atom. The number of nitrogens with one attached hydrogen (secondary N) is 1. The lowest BCUT2D eigenvalue weighted by Gasteiger charge is -2.27. The predicted molar refractivity (Wildman–Crippen MR) is 98.6 cm³/mol. The number of benzene rings is 1. The molecule has 3 heterocycles. The van der Waals surface area contributed by atoms with Crippen LogP contribution >= 0.6 is 0 Å². The maximum absolute atomic E-state index is 12.4. The van der Waals surface area contributed by atoms with E-state index in [0.29, 0.717) is 12.5 Å². The normalized spacial score (nSPS) is 18.8. The number of fused-ring (bicyclic) bond motifs is 2. The predicted octanol–water partition coefficient (Wildman–Crippen LogP) is 2.18. The lowest BCUT2D eigenvalue weighted by atomic mass is 10.1. The third-order valence-corrected chi connectivity index (χ3v) is 5.49. The standard InChI is InChI=1S/C20H22N4O2/c25-19(13-5-6-13)18-10-16-12-23(7-8-24(16)22-18)11-15-9-14-3-1-2-4-17(14)21-20(15)26/h1-4,9-10,13,19,25H,5-8,11-12H2,(H,21,26)/t19-/m1/s1. The fourth-order valence-corrected chi connectivity index (χ4v) is 3.83. The molecule has 1 aliphatic heterocycles. The molecule has 0 saturated heterocycles. The van der Waals surface area contributed by atoms with Gasteiger partial charge >= 0.3 is 0 Å². The van der Waals surface area contributed by atoms with Crippen LogP contribution in [0.2, 0.25) is 0 Å². The van der Waals surface area contributed by atoms with Crippen molar-refractivity contribution in [2.75, 3.05) is 6.54 Å². The second-order valence-corrected chi connectivity index (χ2v) is 7.49. The van der Waals surface area contributed by atoms with Crippen LogP contribution in [-0.2, 0) is 19.6 Å². The Morgan fingerprint density at radius 3 is 2.92 bits per heavy atom. The highest BCUT2D eigenvalue weighted by atomic mass is 16.3. The van der Waals surface area contributed by atoms with Crippen LogP contribution in [0.1, 0.15) is 35.9 Å². The highest BCUT2D eigenvalue weighted by molar-refractivity contribution is 5.78. The molecule has 134 valence electrons. The zero-order valence-corrected chi connectivity index (χ0v) is 14.6. The van der Waals surface area contributed by atoms with Crippen molar-refractivity contribution in [3.8, 4) is 0 Å². The number of aromatic amines is 1. The van der Waals surface area contributed by atoms with Crippen LogP contribution in [0.5, 0.6) is 0 Å². The van der Waals surface area contributed by atoms with E-state index < -0.39 is 6.10 Å². The van der Waals surface area contributed by atoms with Crippen molar-refractivity contribution in [1.29, 1.82) is 0 Å². The molecule has 6 nitrogen and oxygen atoms in total. The van der Waals surface area contributed by atoms with Gasteiger partial charge in [-0.15, -0.1) is 0 Å². The van der Waals surface area contributed by atoms with Gasteiger partial charge < -0.3 is 10.1 Å². The molecule has 1 aromatic carbocycles. The third-order valence-electron chi connectivity index (χ3n) is 5.49. The van der Waals surface area contributed by atoms with Crippen LogP contribution in [0.3, 0.4) is 0 Å². The lowest BCUT2D eigenvalue weighted by Crippen LogP contribution is -2.35. The first-order valence-electron chi connectivity index (χ1n) is 9.25. The Kier molecular flexibility index (Phi) is 3.69. The van der Waals surface area contributed by atoms with Gasteiger partial charge in [0.25, 0.3) is 5.56 Å². The number of para-hydroxylation sites is 1. The molecular weight excluding hydrogens is 328 g/mol. The second-order valence-electron chi connectivity index (χ2n) is 7.49. The molecule has 0 amide bonds. The molecule has 1 atom stereocenters. The largest absolute Gasteiger partial charge is 0.386 e. The smallest absolute Gasteiger partial charge is 0.252 e. The number of aromatic nitrogens is 3. The summed E-state index contributed by atoms with van der Waals surface area (Å²) in [6.07, 6.45) is 1.77. The topological polar surface area (TPSA) is 74.2 Å². The third kappa shape index (κ3) is 2.85. The maximum atomic E-state index is 12.4. The van der Waals surface area contributed by atoms with E-state index in [1.54, 1.807) is 0 Å². The molecule has 2 aliphatic rings. The van der Waals surface area contributed by atoms with E-state index in [0.717, 1.165) is 60.3 Å². The summed E-state index contributed by atoms with van der Waals surface area (Å²) in [6, 6.07) is 11.9. The minimum absolute atomic E-state index is 0.0207. The number of nitrogens with zero attached hydrogens (tertiary/aromatic N) is 3. The molecule has 5 rings (SSSR count). The average molecular weight is 350 g/mol. The molecule has 1 aliphatic carbocycles. The van der Waals surface area contributed by atoms with Crippen LogP contribution in [0.15, 0.2) is 41.2 Å². The summed E-state index contributed by atoms with van der Waals surface area (Å²) in [4.78, 5) is 17.6. The molecule has 26 heavy (non-hydrogen) atoms. The molecule has 2 aromatic heterocycles. The van der Waals surface area contributed by atoms with Gasteiger partial charge in [-0.2, -0.15) is 5.10 Å². The molecular formula is C20H22N4O2. The summed E-state index contributed by atoms with van der Waals surface area (Å²) < 4.78 is 2.00. The second kappa shape index (κ2) is 6.07. The summed E-state index contributed by atoms with van der Waals surface area (Å²) in [6.45, 7) is 3.00. The van der Waals surface area contributed by atoms with E-state index >= 15 is 0 Å². The van der Waals surface area contributed by atoms with Gasteiger partial charge in [0.2, 0.25) is 0 Å². The average Bonchev–Trinajstić information content (AvgIpc) is 3.41. The van der Waals surface area contributed by atoms with Crippen LogP contribution in [0, 0.1) is 5.92 Å². The number of hydrogen-bond donors (Lipinski definition) is 2. The number of hydrogen-bond acceptors (Lipinski definition) is 4. The van der Waals surface area contributed by atoms with Crippen molar-refractivity contribution in [1.82, 2.24) is 19.7 Å². The zero-order valence-electron chi connectivity index (χ0n) is 14.6. The number of H-pyrrole nitrogens is 1. The van der Waals surface area contributed by atoms with Crippen LogP contribution in [0.25, 0.3) is 10.9 Å². The van der Waals surface area contributed by atoms with Crippen molar-refractivity contribution in [2.45, 2.75) is 38.6 Å². The van der Waals surface area contributed by atoms with Crippen LogP contribution in [-0.4, -0.2) is 31.3 Å². The fourth-order valence-electron chi connectivity index (χ4n) is 3.83. The van der Waals surface area contributed by atoms with Gasteiger partial charge in [-0.05, 0) is 42.3 Å². The Labute approximate surface area is 151 Å². The maximum Gasteiger partial charge on any atom is 0.252 e. The summed E-state index contributed by atoms with van der Waals surface area (Å²) in [5.41, 5.74) is 3.55. The van der Waals surface area contributed by atoms with Crippen molar-refractivity contribution in [2.24, 2.45) is 5.92 Å². The van der Waals surface area contributed by atoms with Crippen molar-refractivity contribution >= 4 is 10.9 Å². The molecule has 2 N–H and O–H groups in total. The van der Waals surface area contributed by atoms with Crippen LogP contribution < -0.4 is 5.56 Å². The first-order valence-corrected chi connectivity index (χ1v) is 9.25. The number of aliphatic hydroxyl groups excluding tert-OH is 1. The minimum atomic E-state index is -0.426. The van der Waals surface area contributed by atoms with E-state index in [1.807, 2.05) is 41.1 Å². The van der Waals surface area contributed by atoms with E-state index in [4.69, 9.17) is 0 Å². The Bertz CT molecular complexity index is 1020. The first kappa shape index (κ1) is 15.8. The Morgan fingerprint density at radius 1 is 1.23 bits per heavy atom. The summed E-state index contributed by atoms with van der Waals surface area (Å²) >= 11 is 0. The van der Waals surface area contributed by atoms with E-state index in [-0.39, 0.29) is 5.56 Å². The van der Waals surface area contributed by atoms with Gasteiger partial charge in [0.15, 0.2) is 0 Å². The molecule has 0 unspecified atom stereocenters. The number of pyridine rings is 1. The molecule has 0 spiro atoms. The monoisotopic (exact) mass is 350 g/mol. The molecule has 0 bridgehead atoms. The van der Waals surface area contributed by atoms with Gasteiger partial charge in [0.05, 0.1) is 17.9 Å². The van der Waals surface area contributed by atoms with Crippen molar-refractivity contribution in [3.05, 3.63) is 63.7 Å². The molecule has 0 radical (unpaired) electrons. The van der Waals surface area contributed by atoms with Crippen molar-refractivity contribution < 1.29 is 5.11 Å².